The van der Waals surface area contributed by atoms with E-state index in [1.807, 2.05) is 0 Å². The van der Waals surface area contributed by atoms with E-state index in [2.05, 4.69) is 52.3 Å². The highest BCUT2D eigenvalue weighted by atomic mass is 35.5. The van der Waals surface area contributed by atoms with Crippen molar-refractivity contribution >= 4 is 46.5 Å². The van der Waals surface area contributed by atoms with Crippen LogP contribution in [0.5, 0.6) is 0 Å². The van der Waals surface area contributed by atoms with E-state index in [4.69, 9.17) is 50.4 Å². The van der Waals surface area contributed by atoms with E-state index >= 15 is 0 Å². The third-order valence-electron chi connectivity index (χ3n) is 7.15. The molecule has 8 heteroatoms. The van der Waals surface area contributed by atoms with E-state index in [-0.39, 0.29) is 32.1 Å². The quantitative estimate of drug-likeness (QED) is 0.296. The summed E-state index contributed by atoms with van der Waals surface area (Å²) in [6.07, 6.45) is 11.5. The topological polar surface area (TPSA) is 85.4 Å². The first-order chi connectivity index (χ1) is 15.7. The number of carboxylic acid groups (broad SMARTS) is 1. The number of nitrogens with two attached hydrogens (primary N) is 1. The van der Waals surface area contributed by atoms with Crippen molar-refractivity contribution in [3.05, 3.63) is 44.7 Å². The second-order valence-electron chi connectivity index (χ2n) is 10.4. The highest BCUT2D eigenvalue weighted by molar-refractivity contribution is 6.46. The van der Waals surface area contributed by atoms with Gasteiger partial charge in [-0.2, -0.15) is 0 Å². The minimum atomic E-state index is -1.31. The number of aromatic carboxylic acids is 1. The molecule has 3 heterocycles. The molecule has 4 aliphatic rings. The summed E-state index contributed by atoms with van der Waals surface area (Å²) in [4.78, 5) is 14.0. The number of halogens is 3. The number of hydrogen-bond acceptors (Lipinski definition) is 4. The standard InChI is InChI=1S/C10H18O.C10H16.C6H3Cl3N2O2/c1-9(2)8-4-6-10(3,11-9)7-5-8;1-8(2)10-6-4-9(3)5-7-10;7-1-3(10)2(8)5(9)11-4(1)6(12)13/h8H,4-7H2,1-3H3;4,10H,1,5-7H2,2-3H3;(H2,10,11)(H,12,13). The normalized spacial score (nSPS) is 26.9. The van der Waals surface area contributed by atoms with Crippen molar-refractivity contribution in [2.75, 3.05) is 5.73 Å². The summed E-state index contributed by atoms with van der Waals surface area (Å²) >= 11 is 16.6. The number of carboxylic acids is 1. The van der Waals surface area contributed by atoms with Crippen LogP contribution in [0, 0.1) is 11.8 Å². The number of anilines is 1. The molecule has 3 fully saturated rings. The Morgan fingerprint density at radius 2 is 1.76 bits per heavy atom. The minimum Gasteiger partial charge on any atom is -0.476 e. The molecule has 3 N–H and O–H groups in total. The van der Waals surface area contributed by atoms with Gasteiger partial charge in [0, 0.05) is 0 Å². The third kappa shape index (κ3) is 7.36. The molecule has 0 amide bonds. The van der Waals surface area contributed by atoms with Crippen LogP contribution in [0.25, 0.3) is 0 Å². The summed E-state index contributed by atoms with van der Waals surface area (Å²) in [5.41, 5.74) is 8.16. The molecule has 0 spiro atoms. The number of pyridine rings is 1. The van der Waals surface area contributed by atoms with Crippen LogP contribution in [0.1, 0.15) is 90.1 Å². The second-order valence-corrected chi connectivity index (χ2v) is 11.5. The Morgan fingerprint density at radius 1 is 1.18 bits per heavy atom. The largest absolute Gasteiger partial charge is 0.476 e. The molecule has 5 nitrogen and oxygen atoms in total. The molecule has 2 bridgehead atoms. The van der Waals surface area contributed by atoms with Crippen molar-refractivity contribution in [3.63, 3.8) is 0 Å². The van der Waals surface area contributed by atoms with Crippen LogP contribution in [0.15, 0.2) is 23.8 Å². The van der Waals surface area contributed by atoms with Crippen LogP contribution in [0.4, 0.5) is 5.69 Å². The van der Waals surface area contributed by atoms with Crippen molar-refractivity contribution in [1.82, 2.24) is 4.98 Å². The fourth-order valence-corrected chi connectivity index (χ4v) is 5.42. The van der Waals surface area contributed by atoms with Gasteiger partial charge in [-0.3, -0.25) is 0 Å². The first-order valence-electron chi connectivity index (χ1n) is 11.7. The number of aromatic nitrogens is 1. The monoisotopic (exact) mass is 530 g/mol. The lowest BCUT2D eigenvalue weighted by molar-refractivity contribution is -0.229. The molecule has 0 radical (unpaired) electrons. The Labute approximate surface area is 218 Å². The van der Waals surface area contributed by atoms with Gasteiger partial charge in [-0.1, -0.05) is 58.6 Å². The zero-order valence-electron chi connectivity index (χ0n) is 20.8. The fraction of sp³-hybridized carbons (Fsp3) is 0.615. The molecule has 5 rings (SSSR count). The molecule has 2 aliphatic carbocycles. The molecule has 190 valence electrons. The van der Waals surface area contributed by atoms with Crippen LogP contribution in [-0.2, 0) is 4.74 Å². The maximum Gasteiger partial charge on any atom is 0.356 e. The molecule has 1 aromatic rings. The molecular weight excluding hydrogens is 495 g/mol. The fourth-order valence-electron chi connectivity index (χ4n) is 4.83. The Kier molecular flexibility index (Phi) is 9.92. The molecule has 2 saturated heterocycles. The van der Waals surface area contributed by atoms with Crippen LogP contribution in [0.3, 0.4) is 0 Å². The van der Waals surface area contributed by atoms with Gasteiger partial charge < -0.3 is 15.6 Å². The lowest BCUT2D eigenvalue weighted by Crippen LogP contribution is -2.53. The van der Waals surface area contributed by atoms with Gasteiger partial charge in [0.25, 0.3) is 0 Å². The van der Waals surface area contributed by atoms with E-state index < -0.39 is 11.7 Å². The van der Waals surface area contributed by atoms with Crippen LogP contribution >= 0.6 is 34.8 Å². The van der Waals surface area contributed by atoms with Gasteiger partial charge in [0.2, 0.25) is 0 Å². The highest BCUT2D eigenvalue weighted by Crippen LogP contribution is 2.49. The zero-order chi connectivity index (χ0) is 25.8. The number of nitrogens with zero attached hydrogens (tertiary/aromatic N) is 1. The van der Waals surface area contributed by atoms with Gasteiger partial charge in [-0.15, -0.1) is 0 Å². The average Bonchev–Trinajstić information content (AvgIpc) is 2.75. The molecule has 1 atom stereocenters. The number of fused-ring (bicyclic) bond motifs is 3. The Balaban J connectivity index is 0.000000182. The van der Waals surface area contributed by atoms with E-state index in [0.29, 0.717) is 0 Å². The maximum absolute atomic E-state index is 10.5. The summed E-state index contributed by atoms with van der Waals surface area (Å²) in [5.74, 6) is 0.281. The van der Waals surface area contributed by atoms with Crippen LogP contribution < -0.4 is 5.73 Å². The van der Waals surface area contributed by atoms with Gasteiger partial charge >= 0.3 is 5.97 Å². The van der Waals surface area contributed by atoms with Crippen molar-refractivity contribution in [3.8, 4) is 0 Å². The van der Waals surface area contributed by atoms with Crippen molar-refractivity contribution in [2.24, 2.45) is 11.8 Å². The molecule has 1 aromatic heterocycles. The highest BCUT2D eigenvalue weighted by Gasteiger charge is 2.48. The zero-order valence-corrected chi connectivity index (χ0v) is 23.1. The van der Waals surface area contributed by atoms with Crippen molar-refractivity contribution < 1.29 is 14.6 Å². The van der Waals surface area contributed by atoms with Crippen molar-refractivity contribution in [1.29, 1.82) is 0 Å². The first-order valence-corrected chi connectivity index (χ1v) is 12.8. The van der Waals surface area contributed by atoms with Gasteiger partial charge in [-0.25, -0.2) is 9.78 Å². The smallest absolute Gasteiger partial charge is 0.356 e. The first kappa shape index (κ1) is 29.0. The van der Waals surface area contributed by atoms with Crippen LogP contribution in [-0.4, -0.2) is 27.3 Å². The average molecular weight is 532 g/mol. The molecule has 0 aromatic carbocycles. The summed E-state index contributed by atoms with van der Waals surface area (Å²) in [7, 11) is 0. The summed E-state index contributed by atoms with van der Waals surface area (Å²) in [5, 5.41) is 8.17. The van der Waals surface area contributed by atoms with Gasteiger partial charge in [0.05, 0.1) is 21.9 Å². The SMILES string of the molecule is C=C(C)C1CC=C(C)CC1.CC12CCC(CC1)C(C)(C)O2.Nc1c(Cl)c(Cl)nc(C(=O)O)c1Cl. The Hall–Kier alpha value is -1.27. The number of ether oxygens (including phenoxy) is 1. The number of hydrogen-bond donors (Lipinski definition) is 2. The van der Waals surface area contributed by atoms with Crippen molar-refractivity contribution in [2.45, 2.75) is 90.8 Å². The Bertz CT molecular complexity index is 948. The third-order valence-corrected chi connectivity index (χ3v) is 8.28. The predicted molar refractivity (Wildman–Crippen MR) is 142 cm³/mol. The molecular formula is C26H37Cl3N2O3. The van der Waals surface area contributed by atoms with E-state index in [1.54, 1.807) is 5.57 Å². The molecule has 1 unspecified atom stereocenters. The van der Waals surface area contributed by atoms with Gasteiger partial charge in [0.1, 0.15) is 5.02 Å². The van der Waals surface area contributed by atoms with E-state index in [9.17, 15) is 4.79 Å². The Morgan fingerprint density at radius 3 is 2.15 bits per heavy atom. The summed E-state index contributed by atoms with van der Waals surface area (Å²) < 4.78 is 6.06. The number of allylic oxidation sites excluding steroid dienone is 3. The lowest BCUT2D eigenvalue weighted by Gasteiger charge is -2.54. The molecule has 2 aliphatic heterocycles. The van der Waals surface area contributed by atoms with Crippen LogP contribution in [0.2, 0.25) is 15.2 Å². The molecule has 1 saturated carbocycles. The predicted octanol–water partition coefficient (Wildman–Crippen LogP) is 8.38. The van der Waals surface area contributed by atoms with Gasteiger partial charge in [0.15, 0.2) is 10.8 Å². The van der Waals surface area contributed by atoms with E-state index in [1.165, 1.54) is 50.5 Å². The van der Waals surface area contributed by atoms with Gasteiger partial charge in [-0.05, 0) is 91.4 Å². The summed E-state index contributed by atoms with van der Waals surface area (Å²) in [6.45, 7) is 15.1. The number of nitrogen functional groups attached to an aromatic ring is 1. The minimum absolute atomic E-state index is 0.0448. The molecule has 34 heavy (non-hydrogen) atoms. The number of rotatable bonds is 2. The second kappa shape index (κ2) is 11.6. The number of carbonyl (C=O) groups is 1. The maximum atomic E-state index is 10.5. The lowest BCUT2D eigenvalue weighted by atomic mass is 9.69. The summed E-state index contributed by atoms with van der Waals surface area (Å²) in [6, 6.07) is 0. The van der Waals surface area contributed by atoms with E-state index in [0.717, 1.165) is 11.8 Å².